The molecule has 1 rings (SSSR count). The first kappa shape index (κ1) is 43.7. The van der Waals surface area contributed by atoms with Gasteiger partial charge in [-0.1, -0.05) is 52.7 Å². The fourth-order valence-electron chi connectivity index (χ4n) is 4.42. The van der Waals surface area contributed by atoms with E-state index in [0.717, 1.165) is 0 Å². The predicted molar refractivity (Wildman–Crippen MR) is 179 cm³/mol. The number of benzene rings is 1. The standard InChI is InChI=1S/C32H49N7O12/c1-5-16(3)26(33)30(48)39-27(17(4)6-2)31(49)38-22(15-40)29(47)37-20(12-25(44)45)28(46)35-13-23(42)34-14-24(43)36-21(32(50)51)11-18-7-9-19(41)10-8-18/h7-10,16-17,20-22,26-27,40-41H,5-6,11-15,33H2,1-4H3,(H,34,42)(H,35,46)(H,36,43)(H,37,47)(H,38,49)(H,39,48)(H,44,45)(H,50,51)/t16-,17-,20-,21-,22-,26-,27-/m0/s1. The predicted octanol–water partition coefficient (Wildman–Crippen LogP) is -2.92. The summed E-state index contributed by atoms with van der Waals surface area (Å²) in [6, 6.07) is -1.22. The third kappa shape index (κ3) is 15.4. The van der Waals surface area contributed by atoms with Gasteiger partial charge in [-0.2, -0.15) is 0 Å². The van der Waals surface area contributed by atoms with Crippen LogP contribution in [0, 0.1) is 11.8 Å². The van der Waals surface area contributed by atoms with Gasteiger partial charge in [-0.3, -0.25) is 33.6 Å². The van der Waals surface area contributed by atoms with Crippen molar-refractivity contribution in [3.05, 3.63) is 29.8 Å². The number of hydrogen-bond donors (Lipinski definition) is 11. The van der Waals surface area contributed by atoms with E-state index < -0.39 is 110 Å². The Labute approximate surface area is 294 Å². The number of carbonyl (C=O) groups excluding carboxylic acids is 6. The molecule has 0 fully saturated rings. The van der Waals surface area contributed by atoms with Gasteiger partial charge in [0.1, 0.15) is 29.9 Å². The van der Waals surface area contributed by atoms with E-state index in [0.29, 0.717) is 18.4 Å². The molecular formula is C32H49N7O12. The molecule has 19 heteroatoms. The van der Waals surface area contributed by atoms with Crippen LogP contribution in [0.15, 0.2) is 24.3 Å². The normalized spacial score (nSPS) is 14.9. The average Bonchev–Trinajstić information content (AvgIpc) is 3.09. The lowest BCUT2D eigenvalue weighted by atomic mass is 9.95. The molecule has 1 aromatic rings. The van der Waals surface area contributed by atoms with Gasteiger partial charge in [0.15, 0.2) is 0 Å². The summed E-state index contributed by atoms with van der Waals surface area (Å²) in [5.74, 6) is -9.00. The topological polar surface area (TPSA) is 316 Å². The molecule has 7 atom stereocenters. The molecule has 0 aliphatic rings. The molecule has 1 aromatic carbocycles. The number of phenols is 1. The lowest BCUT2D eigenvalue weighted by Crippen LogP contribution is -2.60. The van der Waals surface area contributed by atoms with Gasteiger partial charge >= 0.3 is 11.9 Å². The summed E-state index contributed by atoms with van der Waals surface area (Å²) in [5.41, 5.74) is 6.49. The third-order valence-electron chi connectivity index (χ3n) is 8.06. The second-order valence-electron chi connectivity index (χ2n) is 12.0. The van der Waals surface area contributed by atoms with E-state index in [9.17, 15) is 58.8 Å². The molecule has 0 aliphatic heterocycles. The van der Waals surface area contributed by atoms with Crippen molar-refractivity contribution in [3.63, 3.8) is 0 Å². The first-order valence-electron chi connectivity index (χ1n) is 16.3. The number of carboxylic acid groups (broad SMARTS) is 2. The zero-order valence-corrected chi connectivity index (χ0v) is 28.9. The molecule has 0 radical (unpaired) electrons. The molecule has 284 valence electrons. The van der Waals surface area contributed by atoms with E-state index in [-0.39, 0.29) is 18.1 Å². The summed E-state index contributed by atoms with van der Waals surface area (Å²) in [5, 5.41) is 51.5. The number of nitrogens with one attached hydrogen (secondary N) is 6. The van der Waals surface area contributed by atoms with Crippen molar-refractivity contribution in [2.45, 2.75) is 83.6 Å². The van der Waals surface area contributed by atoms with Crippen molar-refractivity contribution in [2.75, 3.05) is 19.7 Å². The van der Waals surface area contributed by atoms with Gasteiger partial charge in [0.2, 0.25) is 35.4 Å². The lowest BCUT2D eigenvalue weighted by molar-refractivity contribution is -0.141. The van der Waals surface area contributed by atoms with E-state index in [1.807, 2.05) is 6.92 Å². The number of aromatic hydroxyl groups is 1. The molecular weight excluding hydrogens is 674 g/mol. The van der Waals surface area contributed by atoms with Gasteiger partial charge in [0.05, 0.1) is 32.2 Å². The molecule has 0 spiro atoms. The Balaban J connectivity index is 2.80. The number of rotatable bonds is 22. The SMILES string of the molecule is CC[C@H](C)[C@H](N)C(=O)N[C@H](C(=O)N[C@@H](CO)C(=O)N[C@@H](CC(=O)O)C(=O)NCC(=O)NCC(=O)N[C@@H](Cc1ccc(O)cc1)C(=O)O)[C@@H](C)CC. The van der Waals surface area contributed by atoms with Crippen molar-refractivity contribution in [3.8, 4) is 5.75 Å². The molecule has 0 heterocycles. The number of aliphatic carboxylic acids is 2. The fraction of sp³-hybridized carbons (Fsp3) is 0.562. The summed E-state index contributed by atoms with van der Waals surface area (Å²) >= 11 is 0. The van der Waals surface area contributed by atoms with Gasteiger partial charge in [-0.05, 0) is 29.5 Å². The number of carboxylic acids is 2. The first-order valence-corrected chi connectivity index (χ1v) is 16.3. The Morgan fingerprint density at radius 2 is 1.25 bits per heavy atom. The maximum atomic E-state index is 13.1. The Morgan fingerprint density at radius 3 is 1.78 bits per heavy atom. The van der Waals surface area contributed by atoms with Crippen LogP contribution in [0.3, 0.4) is 0 Å². The van der Waals surface area contributed by atoms with Crippen LogP contribution in [0.4, 0.5) is 0 Å². The highest BCUT2D eigenvalue weighted by Crippen LogP contribution is 2.13. The van der Waals surface area contributed by atoms with Crippen molar-refractivity contribution in [1.29, 1.82) is 0 Å². The van der Waals surface area contributed by atoms with Crippen molar-refractivity contribution < 1.29 is 58.8 Å². The monoisotopic (exact) mass is 723 g/mol. The quantitative estimate of drug-likeness (QED) is 0.0572. The van der Waals surface area contributed by atoms with Crippen molar-refractivity contribution >= 4 is 47.4 Å². The number of amides is 6. The second kappa shape index (κ2) is 21.7. The van der Waals surface area contributed by atoms with E-state index in [1.54, 1.807) is 20.8 Å². The summed E-state index contributed by atoms with van der Waals surface area (Å²) in [4.78, 5) is 99.2. The Bertz CT molecular complexity index is 1390. The number of hydrogen-bond acceptors (Lipinski definition) is 11. The number of nitrogens with two attached hydrogens (primary N) is 1. The van der Waals surface area contributed by atoms with Crippen molar-refractivity contribution in [2.24, 2.45) is 17.6 Å². The van der Waals surface area contributed by atoms with Crippen LogP contribution < -0.4 is 37.6 Å². The number of aliphatic hydroxyl groups excluding tert-OH is 1. The Morgan fingerprint density at radius 1 is 0.686 bits per heavy atom. The van der Waals surface area contributed by atoms with E-state index in [4.69, 9.17) is 5.73 Å². The van der Waals surface area contributed by atoms with Gasteiger partial charge in [-0.15, -0.1) is 0 Å². The van der Waals surface area contributed by atoms with Gasteiger partial charge < -0.3 is 58.1 Å². The zero-order chi connectivity index (χ0) is 38.8. The molecule has 0 saturated heterocycles. The smallest absolute Gasteiger partial charge is 0.326 e. The summed E-state index contributed by atoms with van der Waals surface area (Å²) in [7, 11) is 0. The van der Waals surface area contributed by atoms with Crippen molar-refractivity contribution in [1.82, 2.24) is 31.9 Å². The van der Waals surface area contributed by atoms with Crippen LogP contribution in [-0.2, 0) is 44.8 Å². The minimum atomic E-state index is -1.77. The van der Waals surface area contributed by atoms with E-state index >= 15 is 0 Å². The highest BCUT2D eigenvalue weighted by Gasteiger charge is 2.33. The largest absolute Gasteiger partial charge is 0.508 e. The molecule has 12 N–H and O–H groups in total. The maximum absolute atomic E-state index is 13.1. The van der Waals surface area contributed by atoms with Gasteiger partial charge in [-0.25, -0.2) is 4.79 Å². The molecule has 0 unspecified atom stereocenters. The van der Waals surface area contributed by atoms with Crippen LogP contribution >= 0.6 is 0 Å². The second-order valence-corrected chi connectivity index (χ2v) is 12.0. The lowest BCUT2D eigenvalue weighted by Gasteiger charge is -2.28. The minimum absolute atomic E-state index is 0.0311. The number of carbonyl (C=O) groups is 8. The zero-order valence-electron chi connectivity index (χ0n) is 28.9. The molecule has 0 aromatic heterocycles. The molecule has 51 heavy (non-hydrogen) atoms. The van der Waals surface area contributed by atoms with Crippen LogP contribution in [0.5, 0.6) is 5.75 Å². The van der Waals surface area contributed by atoms with Gasteiger partial charge in [0, 0.05) is 6.42 Å². The molecule has 0 bridgehead atoms. The minimum Gasteiger partial charge on any atom is -0.508 e. The molecule has 19 nitrogen and oxygen atoms in total. The number of aliphatic hydroxyl groups is 1. The van der Waals surface area contributed by atoms with Crippen LogP contribution in [0.25, 0.3) is 0 Å². The van der Waals surface area contributed by atoms with Crippen LogP contribution in [0.1, 0.15) is 52.5 Å². The third-order valence-corrected chi connectivity index (χ3v) is 8.06. The molecule has 0 saturated carbocycles. The molecule has 6 amide bonds. The van der Waals surface area contributed by atoms with Crippen LogP contribution in [-0.4, -0.2) is 118 Å². The maximum Gasteiger partial charge on any atom is 0.326 e. The van der Waals surface area contributed by atoms with E-state index in [2.05, 4.69) is 31.9 Å². The van der Waals surface area contributed by atoms with Crippen LogP contribution in [0.2, 0.25) is 0 Å². The summed E-state index contributed by atoms with van der Waals surface area (Å²) in [6.45, 7) is 4.64. The summed E-state index contributed by atoms with van der Waals surface area (Å²) < 4.78 is 0. The Hall–Kier alpha value is -5.30. The van der Waals surface area contributed by atoms with Gasteiger partial charge in [0.25, 0.3) is 0 Å². The first-order chi connectivity index (χ1) is 23.9. The molecule has 0 aliphatic carbocycles. The van der Waals surface area contributed by atoms with E-state index in [1.165, 1.54) is 24.3 Å². The summed E-state index contributed by atoms with van der Waals surface area (Å²) in [6.07, 6.45) is -0.0293. The highest BCUT2D eigenvalue weighted by atomic mass is 16.4. The highest BCUT2D eigenvalue weighted by molar-refractivity contribution is 5.97. The Kier molecular flexibility index (Phi) is 18.6. The average molecular weight is 724 g/mol. The number of phenolic OH excluding ortho intramolecular Hbond substituents is 1. The fourth-order valence-corrected chi connectivity index (χ4v) is 4.42.